The van der Waals surface area contributed by atoms with Crippen LogP contribution in [0.4, 0.5) is 5.69 Å². The number of aromatic nitrogens is 2. The van der Waals surface area contributed by atoms with Crippen LogP contribution in [0.5, 0.6) is 0 Å². The summed E-state index contributed by atoms with van der Waals surface area (Å²) in [5, 5.41) is 0. The molecule has 0 aliphatic rings. The number of nitrogens with two attached hydrogens (primary N) is 1. The smallest absolute Gasteiger partial charge is 0.112 e. The van der Waals surface area contributed by atoms with Gasteiger partial charge in [-0.3, -0.25) is 9.97 Å². The minimum atomic E-state index is 0.701. The first kappa shape index (κ1) is 12.3. The number of anilines is 1. The third kappa shape index (κ3) is 2.73. The summed E-state index contributed by atoms with van der Waals surface area (Å²) in [6, 6.07) is 3.96. The van der Waals surface area contributed by atoms with E-state index in [1.807, 2.05) is 25.4 Å². The molecule has 90 valence electrons. The summed E-state index contributed by atoms with van der Waals surface area (Å²) in [5.41, 5.74) is 8.45. The van der Waals surface area contributed by atoms with Crippen LogP contribution >= 0.6 is 15.9 Å². The van der Waals surface area contributed by atoms with Crippen molar-refractivity contribution in [1.29, 1.82) is 0 Å². The minimum absolute atomic E-state index is 0.701. The topological polar surface area (TPSA) is 55.0 Å². The second-order valence-electron chi connectivity index (χ2n) is 3.92. The average Bonchev–Trinajstić information content (AvgIpc) is 2.34. The molecule has 0 aliphatic heterocycles. The van der Waals surface area contributed by atoms with E-state index in [-0.39, 0.29) is 0 Å². The predicted molar refractivity (Wildman–Crippen MR) is 74.2 cm³/mol. The maximum Gasteiger partial charge on any atom is 0.112 e. The molecule has 2 N–H and O–H groups in total. The van der Waals surface area contributed by atoms with E-state index in [0.717, 1.165) is 34.2 Å². The molecule has 0 atom stereocenters. The molecule has 2 aromatic rings. The van der Waals surface area contributed by atoms with Gasteiger partial charge in [0, 0.05) is 30.5 Å². The molecule has 4 nitrogen and oxygen atoms in total. The second kappa shape index (κ2) is 5.42. The third-order valence-electron chi connectivity index (χ3n) is 2.63. The summed E-state index contributed by atoms with van der Waals surface area (Å²) in [6.07, 6.45) is 4.58. The van der Waals surface area contributed by atoms with Crippen molar-refractivity contribution in [3.05, 3.63) is 29.0 Å². The predicted octanol–water partition coefficient (Wildman–Crippen LogP) is 2.18. The Kier molecular flexibility index (Phi) is 3.91. The second-order valence-corrected chi connectivity index (χ2v) is 4.83. The maximum absolute atomic E-state index is 5.53. The molecule has 0 amide bonds. The largest absolute Gasteiger partial charge is 0.373 e. The Morgan fingerprint density at radius 1 is 1.41 bits per heavy atom. The first-order valence-corrected chi connectivity index (χ1v) is 6.33. The Hall–Kier alpha value is -1.20. The lowest BCUT2D eigenvalue weighted by molar-refractivity contribution is 0.796. The van der Waals surface area contributed by atoms with Gasteiger partial charge in [0.25, 0.3) is 0 Å². The van der Waals surface area contributed by atoms with Gasteiger partial charge in [0.2, 0.25) is 0 Å². The SMILES string of the molecule is CN(CCCN)c1ccnc2cc(Br)cnc12. The van der Waals surface area contributed by atoms with Gasteiger partial charge in [0.1, 0.15) is 5.52 Å². The lowest BCUT2D eigenvalue weighted by Gasteiger charge is -2.19. The van der Waals surface area contributed by atoms with E-state index < -0.39 is 0 Å². The van der Waals surface area contributed by atoms with Gasteiger partial charge in [-0.1, -0.05) is 0 Å². The van der Waals surface area contributed by atoms with E-state index in [4.69, 9.17) is 5.73 Å². The Balaban J connectivity index is 2.40. The van der Waals surface area contributed by atoms with Gasteiger partial charge in [0.05, 0.1) is 11.2 Å². The summed E-state index contributed by atoms with van der Waals surface area (Å²) in [4.78, 5) is 10.9. The van der Waals surface area contributed by atoms with Gasteiger partial charge >= 0.3 is 0 Å². The van der Waals surface area contributed by atoms with Crippen molar-refractivity contribution in [3.63, 3.8) is 0 Å². The Morgan fingerprint density at radius 2 is 2.24 bits per heavy atom. The van der Waals surface area contributed by atoms with E-state index in [9.17, 15) is 0 Å². The van der Waals surface area contributed by atoms with Crippen LogP contribution in [0.2, 0.25) is 0 Å². The van der Waals surface area contributed by atoms with Crippen LogP contribution in [0.15, 0.2) is 29.0 Å². The average molecular weight is 295 g/mol. The molecular weight excluding hydrogens is 280 g/mol. The van der Waals surface area contributed by atoms with Gasteiger partial charge in [-0.25, -0.2) is 0 Å². The van der Waals surface area contributed by atoms with Crippen LogP contribution in [0.3, 0.4) is 0 Å². The van der Waals surface area contributed by atoms with Crippen molar-refractivity contribution < 1.29 is 0 Å². The highest BCUT2D eigenvalue weighted by molar-refractivity contribution is 9.10. The summed E-state index contributed by atoms with van der Waals surface area (Å²) in [6.45, 7) is 1.62. The molecule has 0 saturated heterocycles. The lowest BCUT2D eigenvalue weighted by atomic mass is 10.2. The summed E-state index contributed by atoms with van der Waals surface area (Å²) >= 11 is 3.40. The monoisotopic (exact) mass is 294 g/mol. The molecule has 0 saturated carbocycles. The molecule has 0 bridgehead atoms. The minimum Gasteiger partial charge on any atom is -0.373 e. The van der Waals surface area contributed by atoms with Crippen LogP contribution in [0, 0.1) is 0 Å². The molecule has 0 radical (unpaired) electrons. The van der Waals surface area contributed by atoms with Crippen molar-refractivity contribution in [3.8, 4) is 0 Å². The van der Waals surface area contributed by atoms with Crippen LogP contribution in [0.1, 0.15) is 6.42 Å². The molecule has 17 heavy (non-hydrogen) atoms. The molecular formula is C12H15BrN4. The maximum atomic E-state index is 5.53. The Bertz CT molecular complexity index is 515. The number of nitrogens with zero attached hydrogens (tertiary/aromatic N) is 3. The Morgan fingerprint density at radius 3 is 3.00 bits per heavy atom. The lowest BCUT2D eigenvalue weighted by Crippen LogP contribution is -2.21. The first-order chi connectivity index (χ1) is 8.22. The molecule has 2 rings (SSSR count). The van der Waals surface area contributed by atoms with Gasteiger partial charge in [0.15, 0.2) is 0 Å². The Labute approximate surface area is 109 Å². The van der Waals surface area contributed by atoms with Crippen molar-refractivity contribution in [2.24, 2.45) is 5.73 Å². The summed E-state index contributed by atoms with van der Waals surface area (Å²) in [5.74, 6) is 0. The number of pyridine rings is 2. The normalized spacial score (nSPS) is 10.8. The summed E-state index contributed by atoms with van der Waals surface area (Å²) in [7, 11) is 2.05. The van der Waals surface area contributed by atoms with Gasteiger partial charge < -0.3 is 10.6 Å². The van der Waals surface area contributed by atoms with Crippen molar-refractivity contribution in [2.45, 2.75) is 6.42 Å². The standard InChI is InChI=1S/C12H15BrN4/c1-17(6-2-4-14)11-3-5-15-10-7-9(13)8-16-12(10)11/h3,5,7-8H,2,4,6,14H2,1H3. The highest BCUT2D eigenvalue weighted by atomic mass is 79.9. The zero-order chi connectivity index (χ0) is 12.3. The van der Waals surface area contributed by atoms with Gasteiger partial charge in [-0.05, 0) is 41.0 Å². The zero-order valence-electron chi connectivity index (χ0n) is 9.73. The highest BCUT2D eigenvalue weighted by Crippen LogP contribution is 2.24. The molecule has 2 heterocycles. The van der Waals surface area contributed by atoms with Crippen LogP contribution in [-0.4, -0.2) is 30.1 Å². The first-order valence-electron chi connectivity index (χ1n) is 5.54. The number of hydrogen-bond acceptors (Lipinski definition) is 4. The quantitative estimate of drug-likeness (QED) is 0.939. The fraction of sp³-hybridized carbons (Fsp3) is 0.333. The molecule has 2 aromatic heterocycles. The molecule has 0 spiro atoms. The molecule has 5 heteroatoms. The van der Waals surface area contributed by atoms with Crippen molar-refractivity contribution in [1.82, 2.24) is 9.97 Å². The fourth-order valence-electron chi connectivity index (χ4n) is 1.75. The van der Waals surface area contributed by atoms with E-state index in [0.29, 0.717) is 6.54 Å². The zero-order valence-corrected chi connectivity index (χ0v) is 11.3. The van der Waals surface area contributed by atoms with Crippen LogP contribution in [-0.2, 0) is 0 Å². The van der Waals surface area contributed by atoms with Crippen molar-refractivity contribution >= 4 is 32.7 Å². The molecule has 0 aromatic carbocycles. The number of hydrogen-bond donors (Lipinski definition) is 1. The summed E-state index contributed by atoms with van der Waals surface area (Å²) < 4.78 is 0.944. The van der Waals surface area contributed by atoms with E-state index in [2.05, 4.69) is 30.8 Å². The highest BCUT2D eigenvalue weighted by Gasteiger charge is 2.07. The molecule has 0 unspecified atom stereocenters. The van der Waals surface area contributed by atoms with Gasteiger partial charge in [-0.15, -0.1) is 0 Å². The third-order valence-corrected chi connectivity index (χ3v) is 3.07. The molecule has 0 aliphatic carbocycles. The van der Waals surface area contributed by atoms with E-state index in [1.54, 1.807) is 6.20 Å². The number of halogens is 1. The van der Waals surface area contributed by atoms with E-state index >= 15 is 0 Å². The number of rotatable bonds is 4. The number of fused-ring (bicyclic) bond motifs is 1. The van der Waals surface area contributed by atoms with E-state index in [1.165, 1.54) is 0 Å². The fourth-order valence-corrected chi connectivity index (χ4v) is 2.07. The van der Waals surface area contributed by atoms with Crippen molar-refractivity contribution in [2.75, 3.05) is 25.0 Å². The van der Waals surface area contributed by atoms with Crippen LogP contribution in [0.25, 0.3) is 11.0 Å². The van der Waals surface area contributed by atoms with Crippen LogP contribution < -0.4 is 10.6 Å². The van der Waals surface area contributed by atoms with Gasteiger partial charge in [-0.2, -0.15) is 0 Å². The molecule has 0 fully saturated rings.